The summed E-state index contributed by atoms with van der Waals surface area (Å²) in [4.78, 5) is 25.4. The average molecular weight is 375 g/mol. The maximum absolute atomic E-state index is 12.2. The highest BCUT2D eigenvalue weighted by Crippen LogP contribution is 2.23. The van der Waals surface area contributed by atoms with E-state index in [1.54, 1.807) is 11.0 Å². The molecule has 0 aliphatic carbocycles. The number of nitrogens with zero attached hydrogens (tertiary/aromatic N) is 1. The molecule has 1 saturated heterocycles. The van der Waals surface area contributed by atoms with E-state index in [2.05, 4.69) is 0 Å². The SMILES string of the molecule is Cc1cc(=O)oc2cc(OCC3CN(C(=O)OC(C)(C)C)CCO3)ccc12. The zero-order valence-corrected chi connectivity index (χ0v) is 16.1. The van der Waals surface area contributed by atoms with Crippen molar-refractivity contribution in [1.29, 1.82) is 0 Å². The minimum atomic E-state index is -0.533. The fourth-order valence-corrected chi connectivity index (χ4v) is 2.90. The molecule has 2 aromatic rings. The van der Waals surface area contributed by atoms with Gasteiger partial charge in [-0.3, -0.25) is 0 Å². The normalized spacial score (nSPS) is 17.8. The van der Waals surface area contributed by atoms with Crippen molar-refractivity contribution < 1.29 is 23.4 Å². The van der Waals surface area contributed by atoms with Gasteiger partial charge < -0.3 is 23.5 Å². The Morgan fingerprint density at radius 3 is 2.81 bits per heavy atom. The van der Waals surface area contributed by atoms with Gasteiger partial charge >= 0.3 is 11.7 Å². The molecular formula is C20H25NO6. The maximum atomic E-state index is 12.2. The van der Waals surface area contributed by atoms with E-state index in [1.807, 2.05) is 39.8 Å². The van der Waals surface area contributed by atoms with E-state index in [9.17, 15) is 9.59 Å². The van der Waals surface area contributed by atoms with Gasteiger partial charge in [-0.15, -0.1) is 0 Å². The molecule has 1 unspecified atom stereocenters. The molecule has 1 fully saturated rings. The van der Waals surface area contributed by atoms with Crippen LogP contribution in [-0.2, 0) is 9.47 Å². The molecule has 1 aliphatic heterocycles. The number of carbonyl (C=O) groups excluding carboxylic acids is 1. The lowest BCUT2D eigenvalue weighted by Crippen LogP contribution is -2.49. The second-order valence-electron chi connectivity index (χ2n) is 7.64. The minimum Gasteiger partial charge on any atom is -0.491 e. The van der Waals surface area contributed by atoms with Gasteiger partial charge in [-0.2, -0.15) is 0 Å². The smallest absolute Gasteiger partial charge is 0.410 e. The van der Waals surface area contributed by atoms with E-state index < -0.39 is 5.60 Å². The summed E-state index contributed by atoms with van der Waals surface area (Å²) < 4.78 is 22.1. The predicted octanol–water partition coefficient (Wildman–Crippen LogP) is 3.12. The van der Waals surface area contributed by atoms with Gasteiger partial charge in [0.15, 0.2) is 0 Å². The summed E-state index contributed by atoms with van der Waals surface area (Å²) >= 11 is 0. The molecule has 7 nitrogen and oxygen atoms in total. The van der Waals surface area contributed by atoms with E-state index in [1.165, 1.54) is 6.07 Å². The van der Waals surface area contributed by atoms with Crippen LogP contribution in [0.15, 0.2) is 33.5 Å². The third kappa shape index (κ3) is 5.01. The van der Waals surface area contributed by atoms with Gasteiger partial charge in [0, 0.05) is 24.1 Å². The summed E-state index contributed by atoms with van der Waals surface area (Å²) in [5, 5.41) is 0.868. The number of morpholine rings is 1. The number of benzene rings is 1. The van der Waals surface area contributed by atoms with Crippen molar-refractivity contribution in [2.75, 3.05) is 26.3 Å². The van der Waals surface area contributed by atoms with Gasteiger partial charge in [0.1, 0.15) is 29.6 Å². The van der Waals surface area contributed by atoms with Crippen LogP contribution in [0, 0.1) is 6.92 Å². The van der Waals surface area contributed by atoms with Gasteiger partial charge in [-0.1, -0.05) is 0 Å². The van der Waals surface area contributed by atoms with Gasteiger partial charge in [-0.05, 0) is 45.4 Å². The molecule has 1 aromatic carbocycles. The Morgan fingerprint density at radius 1 is 1.30 bits per heavy atom. The van der Waals surface area contributed by atoms with Crippen LogP contribution in [0.2, 0.25) is 0 Å². The summed E-state index contributed by atoms with van der Waals surface area (Å²) in [6.45, 7) is 8.98. The number of aryl methyl sites for hydroxylation is 1. The molecule has 7 heteroatoms. The Bertz CT molecular complexity index is 882. The summed E-state index contributed by atoms with van der Waals surface area (Å²) in [5.41, 5.74) is 0.420. The van der Waals surface area contributed by atoms with Crippen LogP contribution < -0.4 is 10.4 Å². The van der Waals surface area contributed by atoms with Gasteiger partial charge in [0.25, 0.3) is 0 Å². The number of hydrogen-bond donors (Lipinski definition) is 0. The largest absolute Gasteiger partial charge is 0.491 e. The highest BCUT2D eigenvalue weighted by molar-refractivity contribution is 5.81. The molecule has 3 rings (SSSR count). The van der Waals surface area contributed by atoms with Crippen molar-refractivity contribution >= 4 is 17.1 Å². The van der Waals surface area contributed by atoms with Crippen LogP contribution in [-0.4, -0.2) is 49.0 Å². The summed E-state index contributed by atoms with van der Waals surface area (Å²) in [7, 11) is 0. The lowest BCUT2D eigenvalue weighted by atomic mass is 10.1. The zero-order chi connectivity index (χ0) is 19.6. The van der Waals surface area contributed by atoms with E-state index in [4.69, 9.17) is 18.6 Å². The number of carbonyl (C=O) groups is 1. The third-order valence-electron chi connectivity index (χ3n) is 4.15. The Balaban J connectivity index is 1.62. The van der Waals surface area contributed by atoms with Gasteiger partial charge in [0.05, 0.1) is 13.2 Å². The maximum Gasteiger partial charge on any atom is 0.410 e. The molecule has 1 amide bonds. The summed E-state index contributed by atoms with van der Waals surface area (Å²) in [6.07, 6.45) is -0.606. The standard InChI is InChI=1S/C20H25NO6/c1-13-9-18(22)26-17-10-14(5-6-16(13)17)25-12-15-11-21(7-8-24-15)19(23)27-20(2,3)4/h5-6,9-10,15H,7-8,11-12H2,1-4H3. The Kier molecular flexibility index (Phi) is 5.41. The molecule has 1 aromatic heterocycles. The number of hydrogen-bond acceptors (Lipinski definition) is 6. The molecule has 1 atom stereocenters. The average Bonchev–Trinajstić information content (AvgIpc) is 2.58. The number of fused-ring (bicyclic) bond motifs is 1. The molecule has 0 radical (unpaired) electrons. The number of rotatable bonds is 3. The van der Waals surface area contributed by atoms with Crippen LogP contribution in [0.5, 0.6) is 5.75 Å². The predicted molar refractivity (Wildman–Crippen MR) is 100 cm³/mol. The molecule has 0 spiro atoms. The molecule has 2 heterocycles. The molecular weight excluding hydrogens is 350 g/mol. The molecule has 27 heavy (non-hydrogen) atoms. The van der Waals surface area contributed by atoms with Crippen molar-refractivity contribution in [2.45, 2.75) is 39.4 Å². The molecule has 0 saturated carbocycles. The van der Waals surface area contributed by atoms with Crippen molar-refractivity contribution in [1.82, 2.24) is 4.90 Å². The van der Waals surface area contributed by atoms with Crippen LogP contribution >= 0.6 is 0 Å². The van der Waals surface area contributed by atoms with E-state index in [0.717, 1.165) is 10.9 Å². The molecule has 146 valence electrons. The van der Waals surface area contributed by atoms with Crippen LogP contribution in [0.1, 0.15) is 26.3 Å². The molecule has 0 bridgehead atoms. The first-order valence-corrected chi connectivity index (χ1v) is 8.98. The highest BCUT2D eigenvalue weighted by Gasteiger charge is 2.28. The third-order valence-corrected chi connectivity index (χ3v) is 4.15. The lowest BCUT2D eigenvalue weighted by molar-refractivity contribution is -0.0557. The summed E-state index contributed by atoms with van der Waals surface area (Å²) in [6, 6.07) is 6.84. The van der Waals surface area contributed by atoms with Crippen molar-refractivity contribution in [3.8, 4) is 5.75 Å². The zero-order valence-electron chi connectivity index (χ0n) is 16.1. The van der Waals surface area contributed by atoms with E-state index in [0.29, 0.717) is 31.0 Å². The second-order valence-corrected chi connectivity index (χ2v) is 7.64. The first-order valence-electron chi connectivity index (χ1n) is 8.98. The van der Waals surface area contributed by atoms with Crippen molar-refractivity contribution in [2.24, 2.45) is 0 Å². The first-order chi connectivity index (χ1) is 12.7. The highest BCUT2D eigenvalue weighted by atomic mass is 16.6. The van der Waals surface area contributed by atoms with Crippen molar-refractivity contribution in [3.05, 3.63) is 40.2 Å². The van der Waals surface area contributed by atoms with Crippen LogP contribution in [0.3, 0.4) is 0 Å². The summed E-state index contributed by atoms with van der Waals surface area (Å²) in [5.74, 6) is 0.578. The topological polar surface area (TPSA) is 78.2 Å². The van der Waals surface area contributed by atoms with E-state index >= 15 is 0 Å². The molecule has 0 N–H and O–H groups in total. The Morgan fingerprint density at radius 2 is 2.07 bits per heavy atom. The quantitative estimate of drug-likeness (QED) is 0.767. The van der Waals surface area contributed by atoms with Gasteiger partial charge in [0.2, 0.25) is 0 Å². The fourth-order valence-electron chi connectivity index (χ4n) is 2.90. The minimum absolute atomic E-state index is 0.258. The number of ether oxygens (including phenoxy) is 3. The monoisotopic (exact) mass is 375 g/mol. The first kappa shape index (κ1) is 19.2. The fraction of sp³-hybridized carbons (Fsp3) is 0.500. The Hall–Kier alpha value is -2.54. The lowest BCUT2D eigenvalue weighted by Gasteiger charge is -2.34. The van der Waals surface area contributed by atoms with Crippen molar-refractivity contribution in [3.63, 3.8) is 0 Å². The number of amides is 1. The Labute approximate surface area is 157 Å². The van der Waals surface area contributed by atoms with Crippen LogP contribution in [0.25, 0.3) is 11.0 Å². The second kappa shape index (κ2) is 7.60. The van der Waals surface area contributed by atoms with Crippen LogP contribution in [0.4, 0.5) is 4.79 Å². The molecule has 1 aliphatic rings. The van der Waals surface area contributed by atoms with Gasteiger partial charge in [-0.25, -0.2) is 9.59 Å². The van der Waals surface area contributed by atoms with E-state index in [-0.39, 0.29) is 24.4 Å².